The molecule has 24 heavy (non-hydrogen) atoms. The van der Waals surface area contributed by atoms with Crippen LogP contribution >= 0.6 is 11.6 Å². The van der Waals surface area contributed by atoms with Crippen LogP contribution in [0.1, 0.15) is 11.3 Å². The van der Waals surface area contributed by atoms with Gasteiger partial charge in [0.05, 0.1) is 12.1 Å². The van der Waals surface area contributed by atoms with Crippen molar-refractivity contribution in [2.45, 2.75) is 12.8 Å². The summed E-state index contributed by atoms with van der Waals surface area (Å²) in [7, 11) is 0. The molecule has 0 saturated carbocycles. The van der Waals surface area contributed by atoms with Crippen molar-refractivity contribution < 1.29 is 9.21 Å². The fraction of sp³-hybridized carbons (Fsp3) is 0.158. The number of benzene rings is 2. The Balaban J connectivity index is 1.49. The van der Waals surface area contributed by atoms with E-state index < -0.39 is 0 Å². The van der Waals surface area contributed by atoms with E-state index in [1.165, 1.54) is 6.26 Å². The van der Waals surface area contributed by atoms with E-state index in [1.54, 1.807) is 0 Å². The highest BCUT2D eigenvalue weighted by atomic mass is 35.5. The Morgan fingerprint density at radius 2 is 1.96 bits per heavy atom. The summed E-state index contributed by atoms with van der Waals surface area (Å²) in [5, 5.41) is 3.59. The van der Waals surface area contributed by atoms with Crippen molar-refractivity contribution in [2.75, 3.05) is 6.54 Å². The number of carbonyl (C=O) groups excluding carboxylic acids is 1. The third-order valence-corrected chi connectivity index (χ3v) is 3.77. The molecule has 0 unspecified atom stereocenters. The van der Waals surface area contributed by atoms with Crippen molar-refractivity contribution in [3.05, 3.63) is 77.1 Å². The van der Waals surface area contributed by atoms with Gasteiger partial charge in [-0.25, -0.2) is 4.98 Å². The van der Waals surface area contributed by atoms with Crippen LogP contribution in [0.15, 0.2) is 65.3 Å². The Kier molecular flexibility index (Phi) is 5.29. The molecule has 0 aliphatic heterocycles. The van der Waals surface area contributed by atoms with Gasteiger partial charge in [-0.2, -0.15) is 0 Å². The Labute approximate surface area is 145 Å². The van der Waals surface area contributed by atoms with Crippen molar-refractivity contribution in [1.29, 1.82) is 0 Å². The summed E-state index contributed by atoms with van der Waals surface area (Å²) >= 11 is 5.94. The van der Waals surface area contributed by atoms with Gasteiger partial charge in [0, 0.05) is 17.1 Å². The van der Waals surface area contributed by atoms with Gasteiger partial charge < -0.3 is 9.73 Å². The van der Waals surface area contributed by atoms with Crippen molar-refractivity contribution in [3.8, 4) is 11.5 Å². The first-order valence-electron chi connectivity index (χ1n) is 7.72. The van der Waals surface area contributed by atoms with E-state index in [4.69, 9.17) is 16.0 Å². The molecule has 1 heterocycles. The van der Waals surface area contributed by atoms with E-state index in [1.807, 2.05) is 54.6 Å². The summed E-state index contributed by atoms with van der Waals surface area (Å²) in [6.07, 6.45) is 2.46. The first-order valence-corrected chi connectivity index (χ1v) is 8.09. The summed E-state index contributed by atoms with van der Waals surface area (Å²) in [6.45, 7) is 0.558. The van der Waals surface area contributed by atoms with Gasteiger partial charge in [0.2, 0.25) is 11.8 Å². The van der Waals surface area contributed by atoms with Gasteiger partial charge in [-0.15, -0.1) is 0 Å². The monoisotopic (exact) mass is 340 g/mol. The third-order valence-electron chi connectivity index (χ3n) is 3.54. The van der Waals surface area contributed by atoms with Crippen LogP contribution in [0.5, 0.6) is 0 Å². The summed E-state index contributed by atoms with van der Waals surface area (Å²) in [4.78, 5) is 16.3. The Hall–Kier alpha value is -2.59. The lowest BCUT2D eigenvalue weighted by Crippen LogP contribution is -2.27. The maximum Gasteiger partial charge on any atom is 0.226 e. The Morgan fingerprint density at radius 1 is 1.12 bits per heavy atom. The SMILES string of the molecule is O=C(Cc1coc(-c2ccccc2)n1)NCCc1cccc(Cl)c1. The van der Waals surface area contributed by atoms with Gasteiger partial charge in [0.25, 0.3) is 0 Å². The summed E-state index contributed by atoms with van der Waals surface area (Å²) in [5.41, 5.74) is 2.61. The van der Waals surface area contributed by atoms with Crippen LogP contribution < -0.4 is 5.32 Å². The Bertz CT molecular complexity index is 815. The molecule has 0 spiro atoms. The number of hydrogen-bond acceptors (Lipinski definition) is 3. The van der Waals surface area contributed by atoms with E-state index in [0.717, 1.165) is 17.5 Å². The van der Waals surface area contributed by atoms with Crippen LogP contribution in [-0.2, 0) is 17.6 Å². The lowest BCUT2D eigenvalue weighted by atomic mass is 10.1. The topological polar surface area (TPSA) is 55.1 Å². The zero-order chi connectivity index (χ0) is 16.8. The molecule has 3 aromatic rings. The number of hydrogen-bond donors (Lipinski definition) is 1. The fourth-order valence-corrected chi connectivity index (χ4v) is 2.58. The lowest BCUT2D eigenvalue weighted by molar-refractivity contribution is -0.120. The number of oxazole rings is 1. The quantitative estimate of drug-likeness (QED) is 0.740. The largest absolute Gasteiger partial charge is 0.444 e. The van der Waals surface area contributed by atoms with Gasteiger partial charge in [0.1, 0.15) is 6.26 Å². The standard InChI is InChI=1S/C19H17ClN2O2/c20-16-8-4-5-14(11-16)9-10-21-18(23)12-17-13-24-19(22-17)15-6-2-1-3-7-15/h1-8,11,13H,9-10,12H2,(H,21,23). The van der Waals surface area contributed by atoms with Crippen LogP contribution in [0.3, 0.4) is 0 Å². The molecule has 1 N–H and O–H groups in total. The molecule has 0 radical (unpaired) electrons. The number of halogens is 1. The van der Waals surface area contributed by atoms with Gasteiger partial charge in [-0.1, -0.05) is 41.9 Å². The van der Waals surface area contributed by atoms with Crippen LogP contribution in [0.4, 0.5) is 0 Å². The molecule has 0 aliphatic rings. The summed E-state index contributed by atoms with van der Waals surface area (Å²) in [5.74, 6) is 0.447. The molecule has 2 aromatic carbocycles. The van der Waals surface area contributed by atoms with Crippen LogP contribution in [0, 0.1) is 0 Å². The number of rotatable bonds is 6. The number of aromatic nitrogens is 1. The van der Waals surface area contributed by atoms with Crippen molar-refractivity contribution >= 4 is 17.5 Å². The second-order valence-corrected chi connectivity index (χ2v) is 5.85. The van der Waals surface area contributed by atoms with E-state index in [9.17, 15) is 4.79 Å². The van der Waals surface area contributed by atoms with Crippen LogP contribution in [0.2, 0.25) is 5.02 Å². The summed E-state index contributed by atoms with van der Waals surface area (Å²) < 4.78 is 5.43. The number of nitrogens with one attached hydrogen (secondary N) is 1. The molecule has 1 amide bonds. The molecular weight excluding hydrogens is 324 g/mol. The van der Waals surface area contributed by atoms with E-state index >= 15 is 0 Å². The number of carbonyl (C=O) groups is 1. The van der Waals surface area contributed by atoms with Crippen molar-refractivity contribution in [1.82, 2.24) is 10.3 Å². The van der Waals surface area contributed by atoms with Gasteiger partial charge >= 0.3 is 0 Å². The molecule has 0 aliphatic carbocycles. The second-order valence-electron chi connectivity index (χ2n) is 5.42. The highest BCUT2D eigenvalue weighted by Crippen LogP contribution is 2.18. The van der Waals surface area contributed by atoms with Crippen LogP contribution in [0.25, 0.3) is 11.5 Å². The first-order chi connectivity index (χ1) is 11.7. The molecule has 0 atom stereocenters. The fourth-order valence-electron chi connectivity index (χ4n) is 2.37. The molecule has 0 saturated heterocycles. The normalized spacial score (nSPS) is 10.5. The highest BCUT2D eigenvalue weighted by Gasteiger charge is 2.10. The highest BCUT2D eigenvalue weighted by molar-refractivity contribution is 6.30. The number of nitrogens with zero attached hydrogens (tertiary/aromatic N) is 1. The van der Waals surface area contributed by atoms with Crippen molar-refractivity contribution in [2.24, 2.45) is 0 Å². The van der Waals surface area contributed by atoms with E-state index in [0.29, 0.717) is 23.2 Å². The maximum absolute atomic E-state index is 12.0. The minimum absolute atomic E-state index is 0.0788. The molecule has 122 valence electrons. The van der Waals surface area contributed by atoms with Gasteiger partial charge in [-0.05, 0) is 36.2 Å². The van der Waals surface area contributed by atoms with E-state index in [-0.39, 0.29) is 12.3 Å². The lowest BCUT2D eigenvalue weighted by Gasteiger charge is -2.04. The minimum Gasteiger partial charge on any atom is -0.444 e. The Morgan fingerprint density at radius 3 is 2.75 bits per heavy atom. The second kappa shape index (κ2) is 7.79. The summed E-state index contributed by atoms with van der Waals surface area (Å²) in [6, 6.07) is 17.2. The average molecular weight is 341 g/mol. The zero-order valence-electron chi connectivity index (χ0n) is 13.0. The van der Waals surface area contributed by atoms with Crippen molar-refractivity contribution in [3.63, 3.8) is 0 Å². The molecule has 0 bridgehead atoms. The maximum atomic E-state index is 12.0. The average Bonchev–Trinajstić information content (AvgIpc) is 3.04. The molecule has 1 aromatic heterocycles. The molecule has 3 rings (SSSR count). The third kappa shape index (κ3) is 4.46. The molecular formula is C19H17ClN2O2. The number of amides is 1. The molecule has 0 fully saturated rings. The smallest absolute Gasteiger partial charge is 0.226 e. The predicted molar refractivity (Wildman–Crippen MR) is 93.8 cm³/mol. The van der Waals surface area contributed by atoms with Gasteiger partial charge in [0.15, 0.2) is 0 Å². The van der Waals surface area contributed by atoms with Crippen LogP contribution in [-0.4, -0.2) is 17.4 Å². The molecule has 4 nitrogen and oxygen atoms in total. The zero-order valence-corrected chi connectivity index (χ0v) is 13.8. The molecule has 5 heteroatoms. The van der Waals surface area contributed by atoms with Gasteiger partial charge in [-0.3, -0.25) is 4.79 Å². The predicted octanol–water partition coefficient (Wildman–Crippen LogP) is 3.90. The first kappa shape index (κ1) is 16.3. The van der Waals surface area contributed by atoms with E-state index in [2.05, 4.69) is 10.3 Å². The minimum atomic E-state index is -0.0788.